The van der Waals surface area contributed by atoms with Gasteiger partial charge in [-0.2, -0.15) is 15.4 Å². The first kappa shape index (κ1) is 14.0. The van der Waals surface area contributed by atoms with Crippen molar-refractivity contribution in [3.63, 3.8) is 0 Å². The third-order valence-electron chi connectivity index (χ3n) is 3.42. The van der Waals surface area contributed by atoms with E-state index in [1.807, 2.05) is 30.3 Å². The van der Waals surface area contributed by atoms with E-state index in [2.05, 4.69) is 20.7 Å². The van der Waals surface area contributed by atoms with Crippen LogP contribution in [0, 0.1) is 0 Å². The Balaban J connectivity index is 1.83. The maximum Gasteiger partial charge on any atom is 0.137 e. The van der Waals surface area contributed by atoms with Crippen molar-refractivity contribution in [2.24, 2.45) is 0 Å². The molecule has 0 radical (unpaired) electrons. The van der Waals surface area contributed by atoms with E-state index < -0.39 is 0 Å². The number of hydrogen-bond donors (Lipinski definition) is 3. The second kappa shape index (κ2) is 5.80. The van der Waals surface area contributed by atoms with E-state index in [0.717, 1.165) is 28.3 Å². The Labute approximate surface area is 127 Å². The summed E-state index contributed by atoms with van der Waals surface area (Å²) in [5.41, 5.74) is 9.91. The van der Waals surface area contributed by atoms with Gasteiger partial charge in [-0.3, -0.25) is 0 Å². The summed E-state index contributed by atoms with van der Waals surface area (Å²) in [6, 6.07) is 9.47. The molecule has 1 heterocycles. The van der Waals surface area contributed by atoms with Gasteiger partial charge in [0.15, 0.2) is 0 Å². The van der Waals surface area contributed by atoms with Gasteiger partial charge >= 0.3 is 0 Å². The number of aromatic amines is 1. The number of nitrogen functional groups attached to an aromatic ring is 1. The molecular weight excluding hydrogens is 282 g/mol. The van der Waals surface area contributed by atoms with Gasteiger partial charge in [-0.25, -0.2) is 0 Å². The molecule has 0 saturated heterocycles. The summed E-state index contributed by atoms with van der Waals surface area (Å²) in [5, 5.41) is 13.9. The molecule has 0 aliphatic rings. The van der Waals surface area contributed by atoms with E-state index in [0.29, 0.717) is 17.7 Å². The molecule has 0 bridgehead atoms. The Bertz CT molecular complexity index is 777. The number of methoxy groups -OCH3 is 2. The van der Waals surface area contributed by atoms with Crippen molar-refractivity contribution in [1.82, 2.24) is 15.4 Å². The molecule has 0 aliphatic carbocycles. The molecule has 0 unspecified atom stereocenters. The zero-order valence-electron chi connectivity index (χ0n) is 12.4. The topological polar surface area (TPSA) is 98.1 Å². The second-order valence-corrected chi connectivity index (χ2v) is 4.79. The van der Waals surface area contributed by atoms with Crippen molar-refractivity contribution in [3.8, 4) is 11.5 Å². The summed E-state index contributed by atoms with van der Waals surface area (Å²) in [7, 11) is 3.25. The Kier molecular flexibility index (Phi) is 3.69. The molecule has 0 aliphatic heterocycles. The van der Waals surface area contributed by atoms with Gasteiger partial charge in [-0.05, 0) is 29.8 Å². The first-order valence-electron chi connectivity index (χ1n) is 6.76. The molecule has 7 nitrogen and oxygen atoms in total. The highest BCUT2D eigenvalue weighted by atomic mass is 16.5. The fourth-order valence-electron chi connectivity index (χ4n) is 2.25. The summed E-state index contributed by atoms with van der Waals surface area (Å²) in [5.74, 6) is 1.49. The highest BCUT2D eigenvalue weighted by Gasteiger charge is 2.08. The number of anilines is 2. The van der Waals surface area contributed by atoms with Crippen LogP contribution in [0.25, 0.3) is 11.0 Å². The largest absolute Gasteiger partial charge is 0.497 e. The molecule has 0 spiro atoms. The third kappa shape index (κ3) is 2.60. The molecule has 4 N–H and O–H groups in total. The van der Waals surface area contributed by atoms with Crippen LogP contribution in [0.4, 0.5) is 11.4 Å². The van der Waals surface area contributed by atoms with Crippen molar-refractivity contribution >= 4 is 22.4 Å². The monoisotopic (exact) mass is 299 g/mol. The summed E-state index contributed by atoms with van der Waals surface area (Å²) < 4.78 is 10.5. The number of ether oxygens (including phenoxy) is 2. The van der Waals surface area contributed by atoms with E-state index in [-0.39, 0.29) is 0 Å². The Hall–Kier alpha value is -2.96. The van der Waals surface area contributed by atoms with Crippen LogP contribution in [0.1, 0.15) is 5.56 Å². The predicted molar refractivity (Wildman–Crippen MR) is 85.2 cm³/mol. The normalized spacial score (nSPS) is 10.6. The molecule has 22 heavy (non-hydrogen) atoms. The summed E-state index contributed by atoms with van der Waals surface area (Å²) >= 11 is 0. The molecule has 0 saturated carbocycles. The molecule has 0 amide bonds. The molecule has 3 aromatic rings. The average Bonchev–Trinajstić information content (AvgIpc) is 3.03. The van der Waals surface area contributed by atoms with E-state index in [1.54, 1.807) is 14.2 Å². The average molecular weight is 299 g/mol. The molecular formula is C15H17N5O2. The summed E-state index contributed by atoms with van der Waals surface area (Å²) in [6.07, 6.45) is 0. The molecule has 114 valence electrons. The van der Waals surface area contributed by atoms with Crippen molar-refractivity contribution in [2.45, 2.75) is 6.54 Å². The van der Waals surface area contributed by atoms with Gasteiger partial charge in [0.05, 0.1) is 25.6 Å². The smallest absolute Gasteiger partial charge is 0.137 e. The molecule has 7 heteroatoms. The van der Waals surface area contributed by atoms with Crippen molar-refractivity contribution < 1.29 is 9.47 Å². The Morgan fingerprint density at radius 3 is 2.50 bits per heavy atom. The van der Waals surface area contributed by atoms with Gasteiger partial charge < -0.3 is 20.5 Å². The van der Waals surface area contributed by atoms with Crippen LogP contribution in [0.2, 0.25) is 0 Å². The van der Waals surface area contributed by atoms with E-state index in [9.17, 15) is 0 Å². The standard InChI is InChI=1S/C15H17N5O2/c1-21-10-5-9(6-11(7-10)22-2)8-17-12-3-4-13-15(14(12)16)19-20-18-13/h3-7,17H,8,16H2,1-2H3,(H,18,19,20). The van der Waals surface area contributed by atoms with Crippen LogP contribution in [0.5, 0.6) is 11.5 Å². The van der Waals surface area contributed by atoms with E-state index in [4.69, 9.17) is 15.2 Å². The highest BCUT2D eigenvalue weighted by molar-refractivity contribution is 5.93. The van der Waals surface area contributed by atoms with Gasteiger partial charge in [-0.15, -0.1) is 0 Å². The SMILES string of the molecule is COc1cc(CNc2ccc3n[nH]nc3c2N)cc(OC)c1. The number of rotatable bonds is 5. The fraction of sp³-hybridized carbons (Fsp3) is 0.200. The van der Waals surface area contributed by atoms with Crippen LogP contribution in [-0.2, 0) is 6.54 Å². The van der Waals surface area contributed by atoms with Gasteiger partial charge in [-0.1, -0.05) is 0 Å². The minimum atomic E-state index is 0.570. The first-order valence-corrected chi connectivity index (χ1v) is 6.76. The number of H-pyrrole nitrogens is 1. The third-order valence-corrected chi connectivity index (χ3v) is 3.42. The molecule has 0 fully saturated rings. The number of benzene rings is 2. The van der Waals surface area contributed by atoms with Crippen LogP contribution in [0.15, 0.2) is 30.3 Å². The lowest BCUT2D eigenvalue weighted by Crippen LogP contribution is -2.03. The van der Waals surface area contributed by atoms with Crippen molar-refractivity contribution in [1.29, 1.82) is 0 Å². The molecule has 0 atom stereocenters. The van der Waals surface area contributed by atoms with Gasteiger partial charge in [0, 0.05) is 12.6 Å². The lowest BCUT2D eigenvalue weighted by Gasteiger charge is -2.12. The highest BCUT2D eigenvalue weighted by Crippen LogP contribution is 2.27. The van der Waals surface area contributed by atoms with E-state index >= 15 is 0 Å². The van der Waals surface area contributed by atoms with Gasteiger partial charge in [0.25, 0.3) is 0 Å². The van der Waals surface area contributed by atoms with Crippen LogP contribution in [-0.4, -0.2) is 29.6 Å². The van der Waals surface area contributed by atoms with Gasteiger partial charge in [0.2, 0.25) is 0 Å². The quantitative estimate of drug-likeness (QED) is 0.625. The number of aromatic nitrogens is 3. The van der Waals surface area contributed by atoms with Crippen molar-refractivity contribution in [2.75, 3.05) is 25.3 Å². The first-order chi connectivity index (χ1) is 10.7. The minimum Gasteiger partial charge on any atom is -0.497 e. The maximum absolute atomic E-state index is 6.11. The van der Waals surface area contributed by atoms with Crippen LogP contribution in [0.3, 0.4) is 0 Å². The van der Waals surface area contributed by atoms with Crippen LogP contribution < -0.4 is 20.5 Å². The summed E-state index contributed by atoms with van der Waals surface area (Å²) in [4.78, 5) is 0. The number of nitrogens with one attached hydrogen (secondary N) is 2. The zero-order chi connectivity index (χ0) is 15.5. The Morgan fingerprint density at radius 1 is 1.09 bits per heavy atom. The summed E-state index contributed by atoms with van der Waals surface area (Å²) in [6.45, 7) is 0.584. The number of nitrogens with zero attached hydrogens (tertiary/aromatic N) is 2. The molecule has 2 aromatic carbocycles. The Morgan fingerprint density at radius 2 is 1.82 bits per heavy atom. The zero-order valence-corrected chi connectivity index (χ0v) is 12.4. The second-order valence-electron chi connectivity index (χ2n) is 4.79. The lowest BCUT2D eigenvalue weighted by molar-refractivity contribution is 0.393. The maximum atomic E-state index is 6.11. The number of fused-ring (bicyclic) bond motifs is 1. The van der Waals surface area contributed by atoms with Crippen LogP contribution >= 0.6 is 0 Å². The fourth-order valence-corrected chi connectivity index (χ4v) is 2.25. The minimum absolute atomic E-state index is 0.570. The predicted octanol–water partition coefficient (Wildman–Crippen LogP) is 2.17. The van der Waals surface area contributed by atoms with Crippen molar-refractivity contribution in [3.05, 3.63) is 35.9 Å². The van der Waals surface area contributed by atoms with E-state index in [1.165, 1.54) is 0 Å². The molecule has 3 rings (SSSR count). The van der Waals surface area contributed by atoms with Gasteiger partial charge in [0.1, 0.15) is 22.5 Å². The molecule has 1 aromatic heterocycles. The lowest BCUT2D eigenvalue weighted by atomic mass is 10.1. The number of hydrogen-bond acceptors (Lipinski definition) is 6. The number of nitrogens with two attached hydrogens (primary N) is 1.